The molecule has 1 aliphatic heterocycles. The van der Waals surface area contributed by atoms with E-state index in [9.17, 15) is 4.79 Å². The number of amides is 1. The van der Waals surface area contributed by atoms with Gasteiger partial charge in [0.2, 0.25) is 0 Å². The number of rotatable bonds is 4. The van der Waals surface area contributed by atoms with E-state index >= 15 is 0 Å². The molecule has 3 aromatic heterocycles. The van der Waals surface area contributed by atoms with E-state index in [0.717, 1.165) is 30.0 Å². The Morgan fingerprint density at radius 2 is 1.96 bits per heavy atom. The maximum absolute atomic E-state index is 12.9. The number of aryl methyl sites for hydroxylation is 2. The van der Waals surface area contributed by atoms with E-state index in [4.69, 9.17) is 0 Å². The lowest BCUT2D eigenvalue weighted by molar-refractivity contribution is 0.0707. The molecule has 0 aliphatic carbocycles. The molecule has 140 valence electrons. The first-order valence-corrected chi connectivity index (χ1v) is 9.29. The van der Waals surface area contributed by atoms with Gasteiger partial charge in [0.05, 0.1) is 18.4 Å². The van der Waals surface area contributed by atoms with Crippen LogP contribution in [-0.4, -0.2) is 46.7 Å². The van der Waals surface area contributed by atoms with Gasteiger partial charge >= 0.3 is 0 Å². The lowest BCUT2D eigenvalue weighted by Crippen LogP contribution is -2.38. The van der Waals surface area contributed by atoms with E-state index in [1.165, 1.54) is 5.56 Å². The molecular formula is C20H19N7O. The molecule has 0 atom stereocenters. The number of imidazole rings is 1. The predicted octanol–water partition coefficient (Wildman–Crippen LogP) is 1.92. The van der Waals surface area contributed by atoms with Crippen molar-refractivity contribution in [2.75, 3.05) is 6.54 Å². The van der Waals surface area contributed by atoms with Crippen LogP contribution in [0.1, 0.15) is 21.7 Å². The zero-order chi connectivity index (χ0) is 18.9. The van der Waals surface area contributed by atoms with Crippen molar-refractivity contribution in [1.29, 1.82) is 0 Å². The summed E-state index contributed by atoms with van der Waals surface area (Å²) in [5.41, 5.74) is 3.35. The first-order chi connectivity index (χ1) is 13.8. The average molecular weight is 373 g/mol. The maximum Gasteiger partial charge on any atom is 0.255 e. The van der Waals surface area contributed by atoms with Crippen LogP contribution in [0.15, 0.2) is 55.2 Å². The number of hydrogen-bond donors (Lipinski definition) is 0. The quantitative estimate of drug-likeness (QED) is 0.546. The summed E-state index contributed by atoms with van der Waals surface area (Å²) in [5.74, 6) is 0.751. The van der Waals surface area contributed by atoms with E-state index in [-0.39, 0.29) is 5.91 Å². The van der Waals surface area contributed by atoms with Gasteiger partial charge in [0.15, 0.2) is 11.5 Å². The molecule has 0 saturated carbocycles. The minimum Gasteiger partial charge on any atom is -0.329 e. The fourth-order valence-electron chi connectivity index (χ4n) is 3.55. The van der Waals surface area contributed by atoms with Gasteiger partial charge < -0.3 is 14.0 Å². The monoisotopic (exact) mass is 373 g/mol. The summed E-state index contributed by atoms with van der Waals surface area (Å²) >= 11 is 0. The minimum atomic E-state index is -0.0533. The molecule has 1 aliphatic rings. The van der Waals surface area contributed by atoms with Gasteiger partial charge in [0.1, 0.15) is 11.8 Å². The molecule has 0 N–H and O–H groups in total. The Labute approximate surface area is 161 Å². The van der Waals surface area contributed by atoms with E-state index in [1.807, 2.05) is 33.4 Å². The van der Waals surface area contributed by atoms with Crippen LogP contribution < -0.4 is 0 Å². The third-order valence-corrected chi connectivity index (χ3v) is 5.11. The highest BCUT2D eigenvalue weighted by Gasteiger charge is 2.23. The highest BCUT2D eigenvalue weighted by atomic mass is 16.2. The first-order valence-electron chi connectivity index (χ1n) is 9.29. The molecule has 4 aromatic rings. The van der Waals surface area contributed by atoms with Crippen molar-refractivity contribution in [2.45, 2.75) is 26.1 Å². The maximum atomic E-state index is 12.9. The van der Waals surface area contributed by atoms with Gasteiger partial charge in [-0.05, 0) is 18.1 Å². The van der Waals surface area contributed by atoms with Crippen molar-refractivity contribution in [3.05, 3.63) is 72.2 Å². The number of benzene rings is 1. The number of nitrogens with zero attached hydrogens (tertiary/aromatic N) is 7. The van der Waals surface area contributed by atoms with E-state index in [1.54, 1.807) is 23.8 Å². The molecule has 8 nitrogen and oxygen atoms in total. The Kier molecular flexibility index (Phi) is 4.08. The molecule has 1 amide bonds. The van der Waals surface area contributed by atoms with Crippen molar-refractivity contribution < 1.29 is 4.79 Å². The third-order valence-electron chi connectivity index (χ3n) is 5.11. The van der Waals surface area contributed by atoms with Crippen molar-refractivity contribution >= 4 is 17.1 Å². The van der Waals surface area contributed by atoms with Gasteiger partial charge in [-0.15, -0.1) is 10.2 Å². The second kappa shape index (κ2) is 6.88. The summed E-state index contributed by atoms with van der Waals surface area (Å²) in [6.07, 6.45) is 6.04. The number of carbonyl (C=O) groups is 1. The second-order valence-corrected chi connectivity index (χ2v) is 6.91. The minimum absolute atomic E-state index is 0.0533. The highest BCUT2D eigenvalue weighted by Crippen LogP contribution is 2.17. The third kappa shape index (κ3) is 3.02. The smallest absolute Gasteiger partial charge is 0.255 e. The SMILES string of the molecule is O=C(c1cnc2c(c1)ncn2CCc1ccccc1)N1CCn2cnnc2C1. The number of aromatic nitrogens is 6. The fourth-order valence-corrected chi connectivity index (χ4v) is 3.55. The lowest BCUT2D eigenvalue weighted by Gasteiger charge is -2.27. The standard InChI is InChI=1S/C20H19N7O/c28-20(25-8-9-26-14-23-24-18(26)12-25)16-10-17-19(21-11-16)27(13-22-17)7-6-15-4-2-1-3-5-15/h1-5,10-11,13-14H,6-9,12H2. The Hall–Kier alpha value is -3.55. The van der Waals surface area contributed by atoms with Crippen LogP contribution in [0.5, 0.6) is 0 Å². The second-order valence-electron chi connectivity index (χ2n) is 6.91. The Bertz CT molecular complexity index is 1130. The molecule has 0 bridgehead atoms. The van der Waals surface area contributed by atoms with Gasteiger partial charge in [-0.25, -0.2) is 9.97 Å². The van der Waals surface area contributed by atoms with Gasteiger partial charge in [0, 0.05) is 25.8 Å². The van der Waals surface area contributed by atoms with Crippen LogP contribution in [0, 0.1) is 0 Å². The first kappa shape index (κ1) is 16.6. The fraction of sp³-hybridized carbons (Fsp3) is 0.250. The molecule has 5 rings (SSSR count). The van der Waals surface area contributed by atoms with E-state index in [0.29, 0.717) is 25.2 Å². The highest BCUT2D eigenvalue weighted by molar-refractivity contribution is 5.96. The molecule has 1 aromatic carbocycles. The summed E-state index contributed by atoms with van der Waals surface area (Å²) in [4.78, 5) is 23.6. The molecule has 0 radical (unpaired) electrons. The normalized spacial score (nSPS) is 13.6. The van der Waals surface area contributed by atoms with Crippen LogP contribution in [0.2, 0.25) is 0 Å². The zero-order valence-corrected chi connectivity index (χ0v) is 15.3. The number of pyridine rings is 1. The molecule has 0 saturated heterocycles. The van der Waals surface area contributed by atoms with Crippen molar-refractivity contribution in [3.8, 4) is 0 Å². The molecule has 8 heteroatoms. The van der Waals surface area contributed by atoms with Crippen molar-refractivity contribution in [2.24, 2.45) is 0 Å². The average Bonchev–Trinajstić information content (AvgIpc) is 3.38. The van der Waals surface area contributed by atoms with Crippen LogP contribution in [0.3, 0.4) is 0 Å². The van der Waals surface area contributed by atoms with Crippen LogP contribution in [0.4, 0.5) is 0 Å². The van der Waals surface area contributed by atoms with E-state index < -0.39 is 0 Å². The van der Waals surface area contributed by atoms with Crippen LogP contribution >= 0.6 is 0 Å². The Morgan fingerprint density at radius 3 is 2.86 bits per heavy atom. The zero-order valence-electron chi connectivity index (χ0n) is 15.3. The predicted molar refractivity (Wildman–Crippen MR) is 102 cm³/mol. The van der Waals surface area contributed by atoms with Gasteiger partial charge in [0.25, 0.3) is 5.91 Å². The summed E-state index contributed by atoms with van der Waals surface area (Å²) < 4.78 is 4.00. The number of carbonyl (C=O) groups excluding carboxylic acids is 1. The van der Waals surface area contributed by atoms with Crippen LogP contribution in [0.25, 0.3) is 11.2 Å². The van der Waals surface area contributed by atoms with Gasteiger partial charge in [-0.2, -0.15) is 0 Å². The molecule has 0 fully saturated rings. The molecule has 4 heterocycles. The van der Waals surface area contributed by atoms with Crippen molar-refractivity contribution in [1.82, 2.24) is 34.2 Å². The summed E-state index contributed by atoms with van der Waals surface area (Å²) in [6, 6.07) is 12.2. The lowest BCUT2D eigenvalue weighted by atomic mass is 10.1. The molecular weight excluding hydrogens is 354 g/mol. The summed E-state index contributed by atoms with van der Waals surface area (Å²) in [7, 11) is 0. The van der Waals surface area contributed by atoms with Gasteiger partial charge in [-0.1, -0.05) is 30.3 Å². The summed E-state index contributed by atoms with van der Waals surface area (Å²) in [5, 5.41) is 7.97. The summed E-state index contributed by atoms with van der Waals surface area (Å²) in [6.45, 7) is 2.59. The Balaban J connectivity index is 1.34. The van der Waals surface area contributed by atoms with E-state index in [2.05, 4.69) is 32.3 Å². The van der Waals surface area contributed by atoms with Crippen molar-refractivity contribution in [3.63, 3.8) is 0 Å². The number of fused-ring (bicyclic) bond motifs is 2. The van der Waals surface area contributed by atoms with Crippen LogP contribution in [-0.2, 0) is 26.1 Å². The molecule has 0 spiro atoms. The Morgan fingerprint density at radius 1 is 1.07 bits per heavy atom. The topological polar surface area (TPSA) is 81.7 Å². The molecule has 28 heavy (non-hydrogen) atoms. The van der Waals surface area contributed by atoms with Gasteiger partial charge in [-0.3, -0.25) is 4.79 Å². The number of hydrogen-bond acceptors (Lipinski definition) is 5. The largest absolute Gasteiger partial charge is 0.329 e. The molecule has 0 unspecified atom stereocenters.